The van der Waals surface area contributed by atoms with Crippen molar-refractivity contribution in [2.45, 2.75) is 25.7 Å². The van der Waals surface area contributed by atoms with Crippen LogP contribution in [-0.2, 0) is 11.2 Å². The smallest absolute Gasteiger partial charge is 0.145 e. The van der Waals surface area contributed by atoms with E-state index in [-0.39, 0.29) is 5.82 Å². The van der Waals surface area contributed by atoms with Crippen molar-refractivity contribution in [2.75, 3.05) is 13.2 Å². The normalized spacial score (nSPS) is 23.6. The molecule has 0 radical (unpaired) electrons. The van der Waals surface area contributed by atoms with Crippen LogP contribution >= 0.6 is 0 Å². The zero-order valence-electron chi connectivity index (χ0n) is 9.76. The van der Waals surface area contributed by atoms with E-state index in [1.807, 2.05) is 6.07 Å². The van der Waals surface area contributed by atoms with Crippen LogP contribution in [0.5, 0.6) is 0 Å². The summed E-state index contributed by atoms with van der Waals surface area (Å²) in [5, 5.41) is 3.37. The number of nitrogens with one attached hydrogen (secondary N) is 1. The van der Waals surface area contributed by atoms with Gasteiger partial charge in [0.15, 0.2) is 0 Å². The van der Waals surface area contributed by atoms with Crippen LogP contribution in [0.1, 0.15) is 30.4 Å². The number of ether oxygens (including phenoxy) is 1. The van der Waals surface area contributed by atoms with Gasteiger partial charge in [0.2, 0.25) is 0 Å². The molecule has 17 heavy (non-hydrogen) atoms. The standard InChI is InChI=1S/C14H16FNO/c15-11-5-6-12-10(9-11)3-2-8-17-14(12)13-4-1-7-16-13/h5-6,9,16H,1-4,7-8H2/b14-13-. The third-order valence-electron chi connectivity index (χ3n) is 3.36. The first kappa shape index (κ1) is 10.6. The van der Waals surface area contributed by atoms with E-state index >= 15 is 0 Å². The molecule has 1 N–H and O–H groups in total. The SMILES string of the molecule is Fc1ccc2c(c1)CCCO/C2=C1/CCCN1. The fraction of sp³-hybridized carbons (Fsp3) is 0.429. The van der Waals surface area contributed by atoms with E-state index in [4.69, 9.17) is 4.74 Å². The summed E-state index contributed by atoms with van der Waals surface area (Å²) in [6.07, 6.45) is 4.03. The van der Waals surface area contributed by atoms with E-state index in [0.717, 1.165) is 55.7 Å². The van der Waals surface area contributed by atoms with Crippen LogP contribution < -0.4 is 5.32 Å². The van der Waals surface area contributed by atoms with Gasteiger partial charge < -0.3 is 10.1 Å². The van der Waals surface area contributed by atoms with Crippen molar-refractivity contribution >= 4 is 5.76 Å². The Hall–Kier alpha value is -1.51. The fourth-order valence-corrected chi connectivity index (χ4v) is 2.54. The van der Waals surface area contributed by atoms with Gasteiger partial charge in [0, 0.05) is 12.1 Å². The highest BCUT2D eigenvalue weighted by Gasteiger charge is 2.20. The molecule has 90 valence electrons. The van der Waals surface area contributed by atoms with Gasteiger partial charge in [0.05, 0.1) is 12.3 Å². The second kappa shape index (κ2) is 4.40. The van der Waals surface area contributed by atoms with Crippen LogP contribution in [0.25, 0.3) is 5.76 Å². The molecule has 0 atom stereocenters. The highest BCUT2D eigenvalue weighted by molar-refractivity contribution is 5.66. The van der Waals surface area contributed by atoms with E-state index in [2.05, 4.69) is 5.32 Å². The maximum Gasteiger partial charge on any atom is 0.145 e. The number of rotatable bonds is 0. The highest BCUT2D eigenvalue weighted by atomic mass is 19.1. The molecule has 2 aliphatic rings. The monoisotopic (exact) mass is 233 g/mol. The van der Waals surface area contributed by atoms with Crippen LogP contribution in [0.15, 0.2) is 23.9 Å². The van der Waals surface area contributed by atoms with Gasteiger partial charge in [-0.1, -0.05) is 0 Å². The van der Waals surface area contributed by atoms with E-state index in [9.17, 15) is 4.39 Å². The van der Waals surface area contributed by atoms with Crippen LogP contribution in [0, 0.1) is 5.82 Å². The Balaban J connectivity index is 2.10. The molecule has 0 aliphatic carbocycles. The van der Waals surface area contributed by atoms with E-state index in [1.54, 1.807) is 6.07 Å². The Morgan fingerprint density at radius 2 is 2.12 bits per heavy atom. The molecule has 0 spiro atoms. The molecule has 0 bridgehead atoms. The third kappa shape index (κ3) is 2.02. The van der Waals surface area contributed by atoms with Crippen molar-refractivity contribution in [1.82, 2.24) is 5.32 Å². The molecule has 2 nitrogen and oxygen atoms in total. The lowest BCUT2D eigenvalue weighted by molar-refractivity contribution is 0.274. The number of aryl methyl sites for hydroxylation is 1. The van der Waals surface area contributed by atoms with Gasteiger partial charge in [-0.25, -0.2) is 4.39 Å². The summed E-state index contributed by atoms with van der Waals surface area (Å²) in [5.41, 5.74) is 3.31. The van der Waals surface area contributed by atoms with Crippen molar-refractivity contribution in [3.63, 3.8) is 0 Å². The Kier molecular flexibility index (Phi) is 2.75. The number of benzene rings is 1. The molecular formula is C14H16FNO. The maximum absolute atomic E-state index is 13.3. The minimum absolute atomic E-state index is 0.158. The van der Waals surface area contributed by atoms with Gasteiger partial charge in [0.25, 0.3) is 0 Å². The van der Waals surface area contributed by atoms with E-state index < -0.39 is 0 Å². The van der Waals surface area contributed by atoms with Crippen LogP contribution in [0.3, 0.4) is 0 Å². The zero-order valence-corrected chi connectivity index (χ0v) is 9.76. The van der Waals surface area contributed by atoms with Crippen molar-refractivity contribution < 1.29 is 9.13 Å². The Morgan fingerprint density at radius 3 is 2.94 bits per heavy atom. The van der Waals surface area contributed by atoms with Crippen LogP contribution in [0.2, 0.25) is 0 Å². The van der Waals surface area contributed by atoms with Crippen molar-refractivity contribution in [1.29, 1.82) is 0 Å². The molecule has 1 aromatic rings. The van der Waals surface area contributed by atoms with Gasteiger partial charge in [-0.3, -0.25) is 0 Å². The summed E-state index contributed by atoms with van der Waals surface area (Å²) in [6, 6.07) is 5.00. The third-order valence-corrected chi connectivity index (χ3v) is 3.36. The first-order chi connectivity index (χ1) is 8.34. The lowest BCUT2D eigenvalue weighted by atomic mass is 10.0. The average Bonchev–Trinajstić information content (AvgIpc) is 2.77. The molecule has 0 unspecified atom stereocenters. The second-order valence-electron chi connectivity index (χ2n) is 4.59. The highest BCUT2D eigenvalue weighted by Crippen LogP contribution is 2.30. The predicted octanol–water partition coefficient (Wildman–Crippen LogP) is 2.84. The quantitative estimate of drug-likeness (QED) is 0.744. The molecule has 1 saturated heterocycles. The second-order valence-corrected chi connectivity index (χ2v) is 4.59. The minimum Gasteiger partial charge on any atom is -0.491 e. The largest absolute Gasteiger partial charge is 0.491 e. The van der Waals surface area contributed by atoms with Crippen molar-refractivity contribution in [3.8, 4) is 0 Å². The lowest BCUT2D eigenvalue weighted by Crippen LogP contribution is -2.08. The Bertz CT molecular complexity index is 459. The first-order valence-corrected chi connectivity index (χ1v) is 6.23. The molecule has 0 saturated carbocycles. The van der Waals surface area contributed by atoms with Crippen LogP contribution in [-0.4, -0.2) is 13.2 Å². The molecular weight excluding hydrogens is 217 g/mol. The minimum atomic E-state index is -0.158. The number of halogens is 1. The summed E-state index contributed by atoms with van der Waals surface area (Å²) < 4.78 is 19.1. The molecule has 1 fully saturated rings. The van der Waals surface area contributed by atoms with Crippen molar-refractivity contribution in [3.05, 3.63) is 40.8 Å². The Morgan fingerprint density at radius 1 is 1.18 bits per heavy atom. The fourth-order valence-electron chi connectivity index (χ4n) is 2.54. The average molecular weight is 233 g/mol. The number of allylic oxidation sites excluding steroid dienone is 1. The molecule has 0 amide bonds. The molecule has 2 heterocycles. The molecule has 0 aromatic heterocycles. The summed E-state index contributed by atoms with van der Waals surface area (Å²) in [4.78, 5) is 0. The predicted molar refractivity (Wildman–Crippen MR) is 64.8 cm³/mol. The van der Waals surface area contributed by atoms with Gasteiger partial charge in [-0.2, -0.15) is 0 Å². The van der Waals surface area contributed by atoms with E-state index in [0.29, 0.717) is 0 Å². The van der Waals surface area contributed by atoms with Crippen LogP contribution in [0.4, 0.5) is 4.39 Å². The first-order valence-electron chi connectivity index (χ1n) is 6.23. The Labute approximate surface area is 100 Å². The van der Waals surface area contributed by atoms with Gasteiger partial charge in [0.1, 0.15) is 11.6 Å². The lowest BCUT2D eigenvalue weighted by Gasteiger charge is -2.13. The summed E-state index contributed by atoms with van der Waals surface area (Å²) >= 11 is 0. The summed E-state index contributed by atoms with van der Waals surface area (Å²) in [5.74, 6) is 0.782. The molecule has 3 heteroatoms. The van der Waals surface area contributed by atoms with Gasteiger partial charge in [-0.05, 0) is 49.4 Å². The van der Waals surface area contributed by atoms with Crippen molar-refractivity contribution in [2.24, 2.45) is 0 Å². The molecule has 3 rings (SSSR count). The maximum atomic E-state index is 13.3. The van der Waals surface area contributed by atoms with Gasteiger partial charge in [-0.15, -0.1) is 0 Å². The summed E-state index contributed by atoms with van der Waals surface area (Å²) in [6.45, 7) is 1.73. The summed E-state index contributed by atoms with van der Waals surface area (Å²) in [7, 11) is 0. The number of hydrogen-bond donors (Lipinski definition) is 1. The number of hydrogen-bond acceptors (Lipinski definition) is 2. The topological polar surface area (TPSA) is 21.3 Å². The molecule has 2 aliphatic heterocycles. The molecule has 1 aromatic carbocycles. The van der Waals surface area contributed by atoms with Gasteiger partial charge >= 0.3 is 0 Å². The zero-order chi connectivity index (χ0) is 11.7. The van der Waals surface area contributed by atoms with E-state index in [1.165, 1.54) is 11.8 Å². The number of fused-ring (bicyclic) bond motifs is 1.